The van der Waals surface area contributed by atoms with Crippen molar-refractivity contribution in [2.24, 2.45) is 0 Å². The molecule has 0 spiro atoms. The summed E-state index contributed by atoms with van der Waals surface area (Å²) in [5, 5.41) is 4.18. The summed E-state index contributed by atoms with van der Waals surface area (Å²) in [6, 6.07) is 8.08. The Morgan fingerprint density at radius 2 is 1.72 bits per heavy atom. The lowest BCUT2D eigenvalue weighted by atomic mass is 10.4. The molecule has 1 aromatic rings. The number of hydrogen-bond donors (Lipinski definition) is 1. The maximum Gasteiger partial charge on any atom is 0.0406 e. The van der Waals surface area contributed by atoms with Crippen molar-refractivity contribution in [2.75, 3.05) is 38.5 Å². The number of thioether (sulfide) groups is 1. The van der Waals surface area contributed by atoms with Crippen molar-refractivity contribution in [2.45, 2.75) is 4.90 Å². The monoisotopic (exact) mass is 328 g/mol. The minimum atomic E-state index is 0. The van der Waals surface area contributed by atoms with Gasteiger partial charge in [0.1, 0.15) is 0 Å². The maximum atomic E-state index is 5.84. The zero-order valence-corrected chi connectivity index (χ0v) is 13.3. The Balaban J connectivity index is 0.00000144. The Morgan fingerprint density at radius 1 is 1.11 bits per heavy atom. The first-order chi connectivity index (χ1) is 7.84. The molecule has 1 heterocycles. The van der Waals surface area contributed by atoms with Crippen LogP contribution in [0.3, 0.4) is 0 Å². The molecule has 0 aromatic heterocycles. The largest absolute Gasteiger partial charge is 0.314 e. The zero-order valence-electron chi connectivity index (χ0n) is 10.1. The fraction of sp³-hybridized carbons (Fsp3) is 0.500. The molecule has 1 N–H and O–H groups in total. The molecular weight excluding hydrogens is 311 g/mol. The Bertz CT molecular complexity index is 316. The molecule has 0 atom stereocenters. The molecule has 1 fully saturated rings. The molecule has 1 aliphatic rings. The van der Waals surface area contributed by atoms with E-state index in [4.69, 9.17) is 11.6 Å². The smallest absolute Gasteiger partial charge is 0.0406 e. The summed E-state index contributed by atoms with van der Waals surface area (Å²) < 4.78 is 0. The fourth-order valence-electron chi connectivity index (χ4n) is 1.76. The van der Waals surface area contributed by atoms with Crippen LogP contribution in [-0.4, -0.2) is 43.4 Å². The number of nitrogens with zero attached hydrogens (tertiary/aromatic N) is 1. The Labute approximate surface area is 131 Å². The third-order valence-corrected chi connectivity index (χ3v) is 3.94. The average molecular weight is 330 g/mol. The van der Waals surface area contributed by atoms with E-state index in [1.54, 1.807) is 0 Å². The van der Waals surface area contributed by atoms with Gasteiger partial charge in [0.25, 0.3) is 0 Å². The first-order valence-corrected chi connectivity index (χ1v) is 7.02. The van der Waals surface area contributed by atoms with Gasteiger partial charge in [-0.1, -0.05) is 11.6 Å². The van der Waals surface area contributed by atoms with E-state index in [1.165, 1.54) is 24.5 Å². The van der Waals surface area contributed by atoms with Crippen LogP contribution in [0.25, 0.3) is 0 Å². The molecule has 1 aromatic carbocycles. The second-order valence-electron chi connectivity index (χ2n) is 3.89. The van der Waals surface area contributed by atoms with Gasteiger partial charge in [-0.15, -0.1) is 36.6 Å². The van der Waals surface area contributed by atoms with Crippen LogP contribution in [0.5, 0.6) is 0 Å². The highest BCUT2D eigenvalue weighted by atomic mass is 35.5. The van der Waals surface area contributed by atoms with Gasteiger partial charge < -0.3 is 5.32 Å². The summed E-state index contributed by atoms with van der Waals surface area (Å²) >= 11 is 7.75. The van der Waals surface area contributed by atoms with Gasteiger partial charge in [-0.2, -0.15) is 0 Å². The lowest BCUT2D eigenvalue weighted by Crippen LogP contribution is -2.44. The second kappa shape index (κ2) is 10.2. The van der Waals surface area contributed by atoms with Gasteiger partial charge in [-0.05, 0) is 24.3 Å². The number of hydrogen-bond acceptors (Lipinski definition) is 3. The SMILES string of the molecule is Cl.Cl.Clc1ccc(SCCN2CCNCC2)cc1. The topological polar surface area (TPSA) is 15.3 Å². The molecule has 1 saturated heterocycles. The number of piperazine rings is 1. The minimum absolute atomic E-state index is 0. The molecule has 0 saturated carbocycles. The molecule has 0 radical (unpaired) electrons. The summed E-state index contributed by atoms with van der Waals surface area (Å²) in [7, 11) is 0. The van der Waals surface area contributed by atoms with E-state index in [9.17, 15) is 0 Å². The molecule has 0 aliphatic carbocycles. The van der Waals surface area contributed by atoms with Crippen LogP contribution in [0, 0.1) is 0 Å². The Kier molecular flexibility index (Phi) is 10.4. The summed E-state index contributed by atoms with van der Waals surface area (Å²) in [4.78, 5) is 3.82. The lowest BCUT2D eigenvalue weighted by Gasteiger charge is -2.26. The molecule has 2 nitrogen and oxygen atoms in total. The van der Waals surface area contributed by atoms with Gasteiger partial charge >= 0.3 is 0 Å². The number of halogens is 3. The quantitative estimate of drug-likeness (QED) is 0.854. The standard InChI is InChI=1S/C12H17ClN2S.2ClH/c13-11-1-3-12(4-2-11)16-10-9-15-7-5-14-6-8-15;;/h1-4,14H,5-10H2;2*1H. The van der Waals surface area contributed by atoms with E-state index in [-0.39, 0.29) is 24.8 Å². The first-order valence-electron chi connectivity index (χ1n) is 5.66. The first kappa shape index (κ1) is 18.4. The molecule has 0 bridgehead atoms. The summed E-state index contributed by atoms with van der Waals surface area (Å²) in [6.45, 7) is 5.80. The average Bonchev–Trinajstić information content (AvgIpc) is 2.33. The van der Waals surface area contributed by atoms with Crippen LogP contribution in [0.2, 0.25) is 5.02 Å². The number of rotatable bonds is 4. The molecule has 1 aliphatic heterocycles. The molecule has 0 amide bonds. The van der Waals surface area contributed by atoms with Gasteiger partial charge in [0.2, 0.25) is 0 Å². The number of benzene rings is 1. The van der Waals surface area contributed by atoms with Gasteiger partial charge in [-0.25, -0.2) is 0 Å². The van der Waals surface area contributed by atoms with Gasteiger partial charge in [0.15, 0.2) is 0 Å². The zero-order chi connectivity index (χ0) is 11.2. The van der Waals surface area contributed by atoms with Crippen LogP contribution in [-0.2, 0) is 0 Å². The fourth-order valence-corrected chi connectivity index (χ4v) is 2.80. The van der Waals surface area contributed by atoms with Crippen molar-refractivity contribution in [1.82, 2.24) is 10.2 Å². The molecule has 2 rings (SSSR count). The normalized spacial score (nSPS) is 15.6. The predicted octanol–water partition coefficient (Wildman–Crippen LogP) is 3.18. The third kappa shape index (κ3) is 6.50. The van der Waals surface area contributed by atoms with E-state index in [1.807, 2.05) is 23.9 Å². The minimum Gasteiger partial charge on any atom is -0.314 e. The van der Waals surface area contributed by atoms with E-state index < -0.39 is 0 Å². The lowest BCUT2D eigenvalue weighted by molar-refractivity contribution is 0.255. The maximum absolute atomic E-state index is 5.84. The van der Waals surface area contributed by atoms with Crippen LogP contribution >= 0.6 is 48.2 Å². The van der Waals surface area contributed by atoms with Crippen molar-refractivity contribution in [3.8, 4) is 0 Å². The van der Waals surface area contributed by atoms with Crippen molar-refractivity contribution < 1.29 is 0 Å². The highest BCUT2D eigenvalue weighted by Crippen LogP contribution is 2.20. The van der Waals surface area contributed by atoms with E-state index in [0.29, 0.717) is 0 Å². The Morgan fingerprint density at radius 3 is 2.33 bits per heavy atom. The summed E-state index contributed by atoms with van der Waals surface area (Å²) in [5.74, 6) is 1.15. The van der Waals surface area contributed by atoms with Crippen LogP contribution in [0.15, 0.2) is 29.2 Å². The predicted molar refractivity (Wildman–Crippen MR) is 86.0 cm³/mol. The van der Waals surface area contributed by atoms with Crippen molar-refractivity contribution in [3.05, 3.63) is 29.3 Å². The van der Waals surface area contributed by atoms with Gasteiger partial charge in [0.05, 0.1) is 0 Å². The molecule has 18 heavy (non-hydrogen) atoms. The molecular formula is C12H19Cl3N2S. The summed E-state index contributed by atoms with van der Waals surface area (Å²) in [5.41, 5.74) is 0. The highest BCUT2D eigenvalue weighted by molar-refractivity contribution is 7.99. The van der Waals surface area contributed by atoms with E-state index in [2.05, 4.69) is 22.3 Å². The van der Waals surface area contributed by atoms with E-state index >= 15 is 0 Å². The van der Waals surface area contributed by atoms with Gasteiger partial charge in [-0.3, -0.25) is 4.90 Å². The van der Waals surface area contributed by atoms with Crippen LogP contribution in [0.1, 0.15) is 0 Å². The van der Waals surface area contributed by atoms with Gasteiger partial charge in [0, 0.05) is 48.4 Å². The Hall–Kier alpha value is 0.360. The molecule has 104 valence electrons. The van der Waals surface area contributed by atoms with Crippen LogP contribution < -0.4 is 5.32 Å². The van der Waals surface area contributed by atoms with Crippen molar-refractivity contribution in [3.63, 3.8) is 0 Å². The van der Waals surface area contributed by atoms with Crippen molar-refractivity contribution >= 4 is 48.2 Å². The molecule has 0 unspecified atom stereocenters. The van der Waals surface area contributed by atoms with Crippen LogP contribution in [0.4, 0.5) is 0 Å². The second-order valence-corrected chi connectivity index (χ2v) is 5.50. The number of nitrogens with one attached hydrogen (secondary N) is 1. The summed E-state index contributed by atoms with van der Waals surface area (Å²) in [6.07, 6.45) is 0. The molecule has 6 heteroatoms. The highest BCUT2D eigenvalue weighted by Gasteiger charge is 2.08. The third-order valence-electron chi connectivity index (χ3n) is 2.70. The van der Waals surface area contributed by atoms with Crippen molar-refractivity contribution in [1.29, 1.82) is 0 Å². The van der Waals surface area contributed by atoms with E-state index in [0.717, 1.165) is 23.9 Å².